The van der Waals surface area contributed by atoms with Crippen LogP contribution >= 0.6 is 0 Å². The highest BCUT2D eigenvalue weighted by atomic mass is 16.1. The molecular weight excluding hydrogens is 152 g/mol. The van der Waals surface area contributed by atoms with Crippen LogP contribution in [0.1, 0.15) is 26.7 Å². The largest absolute Gasteiger partial charge is 0.285 e. The van der Waals surface area contributed by atoms with Crippen LogP contribution in [0.4, 0.5) is 0 Å². The second-order valence-corrected chi connectivity index (χ2v) is 2.56. The van der Waals surface area contributed by atoms with E-state index in [2.05, 4.69) is 0 Å². The molecule has 0 aromatic rings. The van der Waals surface area contributed by atoms with E-state index in [1.54, 1.807) is 38.6 Å². The number of hydrogen-bond acceptors (Lipinski definition) is 2. The average molecular weight is 164 g/mol. The van der Waals surface area contributed by atoms with E-state index in [1.807, 2.05) is 0 Å². The number of allylic oxidation sites excluding steroid dienone is 4. The van der Waals surface area contributed by atoms with Gasteiger partial charge in [-0.15, -0.1) is 0 Å². The van der Waals surface area contributed by atoms with E-state index in [1.165, 1.54) is 0 Å². The number of carbonyl (C=O) groups excluding carboxylic acids is 2. The Balaban J connectivity index is 3.71. The van der Waals surface area contributed by atoms with Gasteiger partial charge in [-0.2, -0.15) is 0 Å². The second-order valence-electron chi connectivity index (χ2n) is 2.56. The van der Waals surface area contributed by atoms with Gasteiger partial charge in [0.2, 0.25) is 12.6 Å². The SMILES string of the molecule is CC([C]=O)=CCCC=C(C)[C]=O. The summed E-state index contributed by atoms with van der Waals surface area (Å²) in [6.07, 6.45) is 8.67. The molecular formula is C10H12O2. The topological polar surface area (TPSA) is 34.1 Å². The Morgan fingerprint density at radius 1 is 1.00 bits per heavy atom. The van der Waals surface area contributed by atoms with Crippen molar-refractivity contribution in [1.82, 2.24) is 0 Å². The van der Waals surface area contributed by atoms with Crippen LogP contribution in [0, 0.1) is 0 Å². The van der Waals surface area contributed by atoms with E-state index in [0.717, 1.165) is 12.8 Å². The van der Waals surface area contributed by atoms with Gasteiger partial charge in [0, 0.05) is 0 Å². The molecule has 0 amide bonds. The molecule has 0 rings (SSSR count). The van der Waals surface area contributed by atoms with Crippen molar-refractivity contribution in [3.05, 3.63) is 23.3 Å². The van der Waals surface area contributed by atoms with E-state index < -0.39 is 0 Å². The maximum atomic E-state index is 10.0. The summed E-state index contributed by atoms with van der Waals surface area (Å²) in [5.41, 5.74) is 1.22. The average Bonchev–Trinajstić information content (AvgIpc) is 2.11. The molecule has 0 heterocycles. The third-order valence-corrected chi connectivity index (χ3v) is 1.39. The summed E-state index contributed by atoms with van der Waals surface area (Å²) in [4.78, 5) is 20.0. The van der Waals surface area contributed by atoms with Gasteiger partial charge >= 0.3 is 0 Å². The van der Waals surface area contributed by atoms with Crippen molar-refractivity contribution in [2.24, 2.45) is 0 Å². The van der Waals surface area contributed by atoms with Crippen LogP contribution in [-0.4, -0.2) is 12.6 Å². The zero-order valence-corrected chi connectivity index (χ0v) is 7.39. The predicted octanol–water partition coefficient (Wildman–Crippen LogP) is 1.88. The lowest BCUT2D eigenvalue weighted by molar-refractivity contribution is 0.560. The van der Waals surface area contributed by atoms with Crippen LogP contribution in [-0.2, 0) is 9.59 Å². The summed E-state index contributed by atoms with van der Waals surface area (Å²) >= 11 is 0. The molecule has 0 saturated heterocycles. The smallest absolute Gasteiger partial charge is 0.228 e. The summed E-state index contributed by atoms with van der Waals surface area (Å²) in [7, 11) is 0. The molecule has 12 heavy (non-hydrogen) atoms. The van der Waals surface area contributed by atoms with Gasteiger partial charge in [0.1, 0.15) is 0 Å². The van der Waals surface area contributed by atoms with Gasteiger partial charge in [0.15, 0.2) is 0 Å². The summed E-state index contributed by atoms with van der Waals surface area (Å²) in [5.74, 6) is 0. The fraction of sp³-hybridized carbons (Fsp3) is 0.400. The van der Waals surface area contributed by atoms with Crippen molar-refractivity contribution in [1.29, 1.82) is 0 Å². The molecule has 2 radical (unpaired) electrons. The van der Waals surface area contributed by atoms with E-state index in [-0.39, 0.29) is 0 Å². The summed E-state index contributed by atoms with van der Waals surface area (Å²) in [6.45, 7) is 3.41. The molecule has 0 bridgehead atoms. The quantitative estimate of drug-likeness (QED) is 0.459. The minimum absolute atomic E-state index is 0.608. The van der Waals surface area contributed by atoms with Gasteiger partial charge in [0.05, 0.1) is 0 Å². The van der Waals surface area contributed by atoms with Crippen LogP contribution < -0.4 is 0 Å². The van der Waals surface area contributed by atoms with Gasteiger partial charge < -0.3 is 0 Å². The number of unbranched alkanes of at least 4 members (excludes halogenated alkanes) is 1. The van der Waals surface area contributed by atoms with Crippen molar-refractivity contribution in [2.75, 3.05) is 0 Å². The van der Waals surface area contributed by atoms with Crippen molar-refractivity contribution >= 4 is 12.6 Å². The number of rotatable bonds is 5. The zero-order valence-electron chi connectivity index (χ0n) is 7.39. The Kier molecular flexibility index (Phi) is 5.88. The van der Waals surface area contributed by atoms with E-state index in [0.29, 0.717) is 11.1 Å². The van der Waals surface area contributed by atoms with Crippen molar-refractivity contribution in [3.8, 4) is 0 Å². The standard InChI is InChI=1S/C10H12O2/c1-9(7-11)5-3-4-6-10(2)8-12/h5-6H,3-4H2,1-2H3. The lowest BCUT2D eigenvalue weighted by Crippen LogP contribution is -1.78. The van der Waals surface area contributed by atoms with Gasteiger partial charge in [-0.05, 0) is 37.8 Å². The second kappa shape index (κ2) is 6.53. The Morgan fingerprint density at radius 3 is 1.58 bits per heavy atom. The Labute approximate surface area is 73.0 Å². The van der Waals surface area contributed by atoms with E-state index in [4.69, 9.17) is 0 Å². The van der Waals surface area contributed by atoms with Crippen LogP contribution in [0.3, 0.4) is 0 Å². The third kappa shape index (κ3) is 5.59. The molecule has 2 heteroatoms. The summed E-state index contributed by atoms with van der Waals surface area (Å²) in [5, 5.41) is 0. The van der Waals surface area contributed by atoms with Crippen molar-refractivity contribution in [2.45, 2.75) is 26.7 Å². The minimum Gasteiger partial charge on any atom is -0.285 e. The Hall–Kier alpha value is -1.18. The maximum Gasteiger partial charge on any atom is 0.228 e. The lowest BCUT2D eigenvalue weighted by Gasteiger charge is -1.88. The van der Waals surface area contributed by atoms with E-state index in [9.17, 15) is 9.59 Å². The van der Waals surface area contributed by atoms with Gasteiger partial charge in [-0.1, -0.05) is 12.2 Å². The van der Waals surface area contributed by atoms with Crippen LogP contribution in [0.15, 0.2) is 23.3 Å². The first-order chi connectivity index (χ1) is 5.70. The highest BCUT2D eigenvalue weighted by molar-refractivity contribution is 5.73. The predicted molar refractivity (Wildman–Crippen MR) is 48.1 cm³/mol. The van der Waals surface area contributed by atoms with Gasteiger partial charge in [0.25, 0.3) is 0 Å². The fourth-order valence-corrected chi connectivity index (χ4v) is 0.683. The maximum absolute atomic E-state index is 10.0. The van der Waals surface area contributed by atoms with Crippen LogP contribution in [0.25, 0.3) is 0 Å². The molecule has 0 spiro atoms. The molecule has 0 atom stereocenters. The molecule has 64 valence electrons. The normalized spacial score (nSPS) is 12.8. The highest BCUT2D eigenvalue weighted by Crippen LogP contribution is 1.99. The number of hydrogen-bond donors (Lipinski definition) is 0. The molecule has 2 nitrogen and oxygen atoms in total. The summed E-state index contributed by atoms with van der Waals surface area (Å²) in [6, 6.07) is 0. The summed E-state index contributed by atoms with van der Waals surface area (Å²) < 4.78 is 0. The van der Waals surface area contributed by atoms with Crippen LogP contribution in [0.2, 0.25) is 0 Å². The van der Waals surface area contributed by atoms with Crippen molar-refractivity contribution in [3.63, 3.8) is 0 Å². The van der Waals surface area contributed by atoms with Crippen LogP contribution in [0.5, 0.6) is 0 Å². The molecule has 0 aromatic carbocycles. The fourth-order valence-electron chi connectivity index (χ4n) is 0.683. The van der Waals surface area contributed by atoms with Gasteiger partial charge in [-0.3, -0.25) is 9.59 Å². The Morgan fingerprint density at radius 2 is 1.33 bits per heavy atom. The first kappa shape index (κ1) is 10.8. The van der Waals surface area contributed by atoms with Gasteiger partial charge in [-0.25, -0.2) is 0 Å². The monoisotopic (exact) mass is 164 g/mol. The first-order valence-electron chi connectivity index (χ1n) is 3.80. The molecule has 0 aliphatic heterocycles. The molecule has 0 aromatic heterocycles. The molecule has 0 unspecified atom stereocenters. The van der Waals surface area contributed by atoms with Crippen molar-refractivity contribution < 1.29 is 9.59 Å². The zero-order chi connectivity index (χ0) is 9.40. The first-order valence-corrected chi connectivity index (χ1v) is 3.80. The molecule has 0 aliphatic rings. The highest BCUT2D eigenvalue weighted by Gasteiger charge is 1.87. The molecule has 0 fully saturated rings. The third-order valence-electron chi connectivity index (χ3n) is 1.39. The Bertz CT molecular complexity index is 188. The molecule has 0 aliphatic carbocycles. The lowest BCUT2D eigenvalue weighted by atomic mass is 10.2. The molecule has 0 saturated carbocycles. The molecule has 0 N–H and O–H groups in total. The minimum atomic E-state index is 0.608. The van der Waals surface area contributed by atoms with E-state index >= 15 is 0 Å².